The molecule has 4 nitrogen and oxygen atoms in total. The fourth-order valence-corrected chi connectivity index (χ4v) is 3.00. The van der Waals surface area contributed by atoms with Gasteiger partial charge >= 0.3 is 0 Å². The minimum Gasteiger partial charge on any atom is -0.393 e. The molecule has 3 N–H and O–H groups in total. The monoisotopic (exact) mass is 301 g/mol. The average Bonchev–Trinajstić information content (AvgIpc) is 2.48. The van der Waals surface area contributed by atoms with Crippen molar-refractivity contribution >= 4 is 33.9 Å². The van der Waals surface area contributed by atoms with Crippen LogP contribution in [0.25, 0.3) is 10.9 Å². The fraction of sp³-hybridized carbons (Fsp3) is 0.375. The molecular weight excluding hydrogens is 282 g/mol. The highest BCUT2D eigenvalue weighted by Crippen LogP contribution is 2.27. The van der Waals surface area contributed by atoms with Gasteiger partial charge in [-0.2, -0.15) is 0 Å². The van der Waals surface area contributed by atoms with Crippen molar-refractivity contribution in [3.05, 3.63) is 35.9 Å². The van der Waals surface area contributed by atoms with Gasteiger partial charge in [-0.05, 0) is 24.5 Å². The third kappa shape index (κ3) is 2.71. The van der Waals surface area contributed by atoms with E-state index >= 15 is 0 Å². The third-order valence-electron chi connectivity index (χ3n) is 4.13. The number of anilines is 1. The van der Waals surface area contributed by atoms with Gasteiger partial charge in [0.15, 0.2) is 0 Å². The van der Waals surface area contributed by atoms with Crippen LogP contribution >= 0.6 is 12.2 Å². The summed E-state index contributed by atoms with van der Waals surface area (Å²) in [6.45, 7) is 3.59. The summed E-state index contributed by atoms with van der Waals surface area (Å²) >= 11 is 5.20. The summed E-state index contributed by atoms with van der Waals surface area (Å²) in [5.74, 6) is 1.05. The van der Waals surface area contributed by atoms with E-state index in [0.717, 1.165) is 41.8 Å². The van der Waals surface area contributed by atoms with Crippen LogP contribution in [0.1, 0.15) is 18.9 Å². The van der Waals surface area contributed by atoms with E-state index in [9.17, 15) is 5.11 Å². The lowest BCUT2D eigenvalue weighted by atomic mass is 9.96. The topological polar surface area (TPSA) is 62.4 Å². The van der Waals surface area contributed by atoms with Crippen molar-refractivity contribution < 1.29 is 5.11 Å². The lowest BCUT2D eigenvalue weighted by Crippen LogP contribution is -2.43. The second kappa shape index (κ2) is 5.58. The molecule has 2 aromatic rings. The van der Waals surface area contributed by atoms with Gasteiger partial charge in [0, 0.05) is 18.5 Å². The molecule has 2 unspecified atom stereocenters. The number of hydrogen-bond acceptors (Lipinski definition) is 4. The van der Waals surface area contributed by atoms with Crippen LogP contribution in [0.5, 0.6) is 0 Å². The molecule has 0 amide bonds. The van der Waals surface area contributed by atoms with Gasteiger partial charge in [0.05, 0.1) is 17.2 Å². The van der Waals surface area contributed by atoms with E-state index in [-0.39, 0.29) is 12.0 Å². The molecule has 3 rings (SSSR count). The van der Waals surface area contributed by atoms with Crippen LogP contribution in [0.4, 0.5) is 5.82 Å². The zero-order chi connectivity index (χ0) is 15.0. The van der Waals surface area contributed by atoms with Crippen LogP contribution in [-0.4, -0.2) is 34.3 Å². The van der Waals surface area contributed by atoms with Crippen molar-refractivity contribution in [2.75, 3.05) is 18.0 Å². The Morgan fingerprint density at radius 1 is 1.43 bits per heavy atom. The number of nitrogens with two attached hydrogens (primary N) is 1. The van der Waals surface area contributed by atoms with E-state index in [0.29, 0.717) is 4.99 Å². The van der Waals surface area contributed by atoms with Crippen LogP contribution in [0.15, 0.2) is 30.3 Å². The Hall–Kier alpha value is -1.72. The number of fused-ring (bicyclic) bond motifs is 1. The highest BCUT2D eigenvalue weighted by molar-refractivity contribution is 7.80. The molecule has 110 valence electrons. The number of benzene rings is 1. The molecule has 0 spiro atoms. The van der Waals surface area contributed by atoms with Crippen LogP contribution in [0, 0.1) is 5.92 Å². The van der Waals surface area contributed by atoms with Gasteiger partial charge in [-0.25, -0.2) is 4.98 Å². The number of aliphatic hydroxyl groups excluding tert-OH is 1. The largest absolute Gasteiger partial charge is 0.393 e. The molecule has 0 radical (unpaired) electrons. The van der Waals surface area contributed by atoms with Gasteiger partial charge in [-0.15, -0.1) is 0 Å². The molecule has 0 saturated carbocycles. The third-order valence-corrected chi connectivity index (χ3v) is 4.35. The number of para-hydroxylation sites is 1. The molecule has 1 aromatic heterocycles. The molecule has 5 heteroatoms. The second-order valence-electron chi connectivity index (χ2n) is 5.70. The summed E-state index contributed by atoms with van der Waals surface area (Å²) in [7, 11) is 0. The molecule has 1 aliphatic rings. The Kier molecular flexibility index (Phi) is 3.78. The summed E-state index contributed by atoms with van der Waals surface area (Å²) in [4.78, 5) is 7.30. The van der Waals surface area contributed by atoms with Crippen molar-refractivity contribution in [3.8, 4) is 0 Å². The van der Waals surface area contributed by atoms with Gasteiger partial charge in [0.1, 0.15) is 10.8 Å². The minimum absolute atomic E-state index is 0.214. The van der Waals surface area contributed by atoms with E-state index in [4.69, 9.17) is 22.9 Å². The number of aromatic nitrogens is 1. The standard InChI is InChI=1S/C16H19N3OS/c1-10-9-19(7-6-14(10)20)16-12(15(17)21)8-11-4-2-3-5-13(11)18-16/h2-5,8,10,14,20H,6-7,9H2,1H3,(H2,17,21). The van der Waals surface area contributed by atoms with Gasteiger partial charge in [-0.1, -0.05) is 37.3 Å². The number of nitrogens with zero attached hydrogens (tertiary/aromatic N) is 2. The Morgan fingerprint density at radius 2 is 2.19 bits per heavy atom. The first-order chi connectivity index (χ1) is 10.1. The number of aliphatic hydroxyl groups is 1. The Bertz CT molecular complexity index is 688. The lowest BCUT2D eigenvalue weighted by Gasteiger charge is -2.36. The maximum absolute atomic E-state index is 9.90. The maximum atomic E-state index is 9.90. The number of piperidine rings is 1. The smallest absolute Gasteiger partial charge is 0.139 e. The first kappa shape index (κ1) is 14.2. The number of thiocarbonyl (C=S) groups is 1. The fourth-order valence-electron chi connectivity index (χ4n) is 2.85. The van der Waals surface area contributed by atoms with Crippen LogP contribution in [0.2, 0.25) is 0 Å². The Balaban J connectivity index is 2.07. The SMILES string of the molecule is CC1CN(c2nc3ccccc3cc2C(N)=S)CCC1O. The molecule has 2 atom stereocenters. The molecule has 0 aliphatic carbocycles. The first-order valence-electron chi connectivity index (χ1n) is 7.19. The molecular formula is C16H19N3OS. The number of rotatable bonds is 2. The molecule has 2 heterocycles. The summed E-state index contributed by atoms with van der Waals surface area (Å²) in [5.41, 5.74) is 7.64. The molecule has 0 bridgehead atoms. The van der Waals surface area contributed by atoms with E-state index < -0.39 is 0 Å². The van der Waals surface area contributed by atoms with E-state index in [1.54, 1.807) is 0 Å². The lowest BCUT2D eigenvalue weighted by molar-refractivity contribution is 0.0969. The van der Waals surface area contributed by atoms with Gasteiger partial charge in [0.25, 0.3) is 0 Å². The van der Waals surface area contributed by atoms with Crippen molar-refractivity contribution in [1.82, 2.24) is 4.98 Å². The summed E-state index contributed by atoms with van der Waals surface area (Å²) in [6.07, 6.45) is 0.502. The van der Waals surface area contributed by atoms with E-state index in [1.165, 1.54) is 0 Å². The van der Waals surface area contributed by atoms with Crippen LogP contribution < -0.4 is 10.6 Å². The number of pyridine rings is 1. The Labute approximate surface area is 129 Å². The molecule has 1 aromatic carbocycles. The molecule has 21 heavy (non-hydrogen) atoms. The number of hydrogen-bond donors (Lipinski definition) is 2. The van der Waals surface area contributed by atoms with Crippen molar-refractivity contribution in [2.24, 2.45) is 11.7 Å². The summed E-state index contributed by atoms with van der Waals surface area (Å²) < 4.78 is 0. The average molecular weight is 301 g/mol. The highest BCUT2D eigenvalue weighted by atomic mass is 32.1. The highest BCUT2D eigenvalue weighted by Gasteiger charge is 2.27. The summed E-state index contributed by atoms with van der Waals surface area (Å²) in [6, 6.07) is 9.96. The van der Waals surface area contributed by atoms with E-state index in [2.05, 4.69) is 11.8 Å². The van der Waals surface area contributed by atoms with Gasteiger partial charge < -0.3 is 15.7 Å². The molecule has 1 saturated heterocycles. The zero-order valence-corrected chi connectivity index (χ0v) is 12.8. The zero-order valence-electron chi connectivity index (χ0n) is 12.0. The molecule has 1 fully saturated rings. The first-order valence-corrected chi connectivity index (χ1v) is 7.59. The van der Waals surface area contributed by atoms with Gasteiger partial charge in [-0.3, -0.25) is 0 Å². The normalized spacial score (nSPS) is 22.5. The van der Waals surface area contributed by atoms with E-state index in [1.807, 2.05) is 30.3 Å². The van der Waals surface area contributed by atoms with Crippen LogP contribution in [0.3, 0.4) is 0 Å². The Morgan fingerprint density at radius 3 is 2.90 bits per heavy atom. The maximum Gasteiger partial charge on any atom is 0.139 e. The second-order valence-corrected chi connectivity index (χ2v) is 6.14. The van der Waals surface area contributed by atoms with Crippen molar-refractivity contribution in [3.63, 3.8) is 0 Å². The van der Waals surface area contributed by atoms with Crippen molar-refractivity contribution in [2.45, 2.75) is 19.4 Å². The van der Waals surface area contributed by atoms with Crippen LogP contribution in [-0.2, 0) is 0 Å². The minimum atomic E-state index is -0.241. The van der Waals surface area contributed by atoms with Crippen molar-refractivity contribution in [1.29, 1.82) is 0 Å². The predicted octanol–water partition coefficient (Wildman–Crippen LogP) is 2.08. The molecule has 1 aliphatic heterocycles. The quantitative estimate of drug-likeness (QED) is 0.832. The van der Waals surface area contributed by atoms with Gasteiger partial charge in [0.2, 0.25) is 0 Å². The summed E-state index contributed by atoms with van der Waals surface area (Å²) in [5, 5.41) is 10.9. The predicted molar refractivity (Wildman–Crippen MR) is 89.6 cm³/mol.